The van der Waals surface area contributed by atoms with E-state index >= 15 is 0 Å². The van der Waals surface area contributed by atoms with Crippen LogP contribution >= 0.6 is 11.8 Å². The van der Waals surface area contributed by atoms with Gasteiger partial charge in [-0.2, -0.15) is 0 Å². The van der Waals surface area contributed by atoms with Crippen LogP contribution in [-0.4, -0.2) is 39.6 Å². The highest BCUT2D eigenvalue weighted by atomic mass is 32.2. The summed E-state index contributed by atoms with van der Waals surface area (Å²) in [6.45, 7) is 6.08. The fourth-order valence-electron chi connectivity index (χ4n) is 3.58. The molecule has 0 spiro atoms. The van der Waals surface area contributed by atoms with Crippen molar-refractivity contribution in [1.82, 2.24) is 14.9 Å². The molecule has 1 aliphatic heterocycles. The molecule has 1 fully saturated rings. The Bertz CT molecular complexity index is 618. The molecule has 2 atom stereocenters. The van der Waals surface area contributed by atoms with Crippen LogP contribution in [0.2, 0.25) is 0 Å². The van der Waals surface area contributed by atoms with E-state index in [4.69, 9.17) is 0 Å². The summed E-state index contributed by atoms with van der Waals surface area (Å²) in [5.41, 5.74) is 1.71. The van der Waals surface area contributed by atoms with E-state index in [2.05, 4.69) is 23.8 Å². The highest BCUT2D eigenvalue weighted by molar-refractivity contribution is 7.99. The molecule has 0 unspecified atom stereocenters. The highest BCUT2D eigenvalue weighted by Gasteiger charge is 2.25. The van der Waals surface area contributed by atoms with Gasteiger partial charge in [-0.3, -0.25) is 9.59 Å². The molecule has 0 radical (unpaired) electrons. The van der Waals surface area contributed by atoms with Crippen molar-refractivity contribution in [1.29, 1.82) is 0 Å². The zero-order valence-corrected chi connectivity index (χ0v) is 14.0. The van der Waals surface area contributed by atoms with Crippen LogP contribution in [0.1, 0.15) is 37.9 Å². The van der Waals surface area contributed by atoms with Crippen molar-refractivity contribution in [3.63, 3.8) is 0 Å². The van der Waals surface area contributed by atoms with Gasteiger partial charge in [-0.1, -0.05) is 25.6 Å². The number of nitrogens with one attached hydrogen (secondary N) is 1. The lowest BCUT2D eigenvalue weighted by atomic mass is 9.92. The molecule has 0 aromatic carbocycles. The maximum Gasteiger partial charge on any atom is 0.254 e. The number of aryl methyl sites for hydroxylation is 1. The molecule has 1 amide bonds. The van der Waals surface area contributed by atoms with E-state index in [0.29, 0.717) is 22.7 Å². The molecular weight excluding hydrogens is 298 g/mol. The summed E-state index contributed by atoms with van der Waals surface area (Å²) in [7, 11) is 0. The van der Waals surface area contributed by atoms with Crippen molar-refractivity contribution < 1.29 is 4.79 Å². The average Bonchev–Trinajstić information content (AvgIpc) is 2.92. The van der Waals surface area contributed by atoms with Crippen molar-refractivity contribution in [3.8, 4) is 0 Å². The lowest BCUT2D eigenvalue weighted by Crippen LogP contribution is -2.43. The first kappa shape index (κ1) is 15.6. The van der Waals surface area contributed by atoms with Gasteiger partial charge in [0.2, 0.25) is 5.91 Å². The third-order valence-electron chi connectivity index (χ3n) is 4.47. The number of likely N-dealkylation sites (tertiary alicyclic amines) is 1. The normalized spacial score (nSPS) is 24.4. The largest absolute Gasteiger partial charge is 0.341 e. The number of piperidine rings is 1. The Labute approximate surface area is 134 Å². The first-order valence-corrected chi connectivity index (χ1v) is 9.04. The summed E-state index contributed by atoms with van der Waals surface area (Å²) in [4.78, 5) is 33.6. The van der Waals surface area contributed by atoms with E-state index in [1.54, 1.807) is 0 Å². The summed E-state index contributed by atoms with van der Waals surface area (Å²) < 4.78 is 0. The van der Waals surface area contributed by atoms with E-state index in [0.717, 1.165) is 43.6 Å². The van der Waals surface area contributed by atoms with Crippen LogP contribution in [0.25, 0.3) is 0 Å². The van der Waals surface area contributed by atoms with Crippen LogP contribution in [0, 0.1) is 11.8 Å². The molecule has 0 saturated carbocycles. The number of carbonyl (C=O) groups is 1. The van der Waals surface area contributed by atoms with E-state index < -0.39 is 0 Å². The zero-order chi connectivity index (χ0) is 15.7. The lowest BCUT2D eigenvalue weighted by Gasteiger charge is -2.34. The quantitative estimate of drug-likeness (QED) is 0.681. The summed E-state index contributed by atoms with van der Waals surface area (Å²) >= 11 is 1.35. The molecule has 120 valence electrons. The van der Waals surface area contributed by atoms with Gasteiger partial charge in [-0.15, -0.1) is 0 Å². The summed E-state index contributed by atoms with van der Waals surface area (Å²) in [5.74, 6) is 1.62. The Balaban J connectivity index is 1.62. The van der Waals surface area contributed by atoms with Gasteiger partial charge >= 0.3 is 0 Å². The molecular formula is C16H23N3O2S. The van der Waals surface area contributed by atoms with E-state index in [-0.39, 0.29) is 11.5 Å². The molecule has 1 N–H and O–H groups in total. The standard InChI is InChI=1S/C16H23N3O2S/c1-10-6-11(2)8-19(7-10)14(20)9-22-16-17-13-5-3-4-12(13)15(21)18-16/h10-11H,3-9H2,1-2H3,(H,17,18,21)/t10-,11-/m0/s1. The molecule has 0 bridgehead atoms. The number of fused-ring (bicyclic) bond motifs is 1. The number of aromatic nitrogens is 2. The molecule has 22 heavy (non-hydrogen) atoms. The molecule has 1 aromatic rings. The molecule has 2 aliphatic rings. The number of rotatable bonds is 3. The fraction of sp³-hybridized carbons (Fsp3) is 0.688. The Hall–Kier alpha value is -1.30. The van der Waals surface area contributed by atoms with Gasteiger partial charge in [-0.25, -0.2) is 4.98 Å². The number of hydrogen-bond acceptors (Lipinski definition) is 4. The minimum atomic E-state index is -0.0299. The Kier molecular flexibility index (Phi) is 4.57. The maximum absolute atomic E-state index is 12.4. The van der Waals surface area contributed by atoms with Gasteiger partial charge in [0.1, 0.15) is 0 Å². The number of thioether (sulfide) groups is 1. The van der Waals surface area contributed by atoms with Gasteiger partial charge in [0.05, 0.1) is 11.4 Å². The van der Waals surface area contributed by atoms with Crippen LogP contribution in [0.4, 0.5) is 0 Å². The summed E-state index contributed by atoms with van der Waals surface area (Å²) in [6, 6.07) is 0. The molecule has 6 heteroatoms. The predicted octanol–water partition coefficient (Wildman–Crippen LogP) is 1.86. The third-order valence-corrected chi connectivity index (χ3v) is 5.33. The van der Waals surface area contributed by atoms with Crippen LogP contribution in [0.5, 0.6) is 0 Å². The fourth-order valence-corrected chi connectivity index (χ4v) is 4.36. The van der Waals surface area contributed by atoms with E-state index in [1.165, 1.54) is 18.2 Å². The summed E-state index contributed by atoms with van der Waals surface area (Å²) in [5, 5.41) is 0.581. The van der Waals surface area contributed by atoms with Crippen LogP contribution in [0.3, 0.4) is 0 Å². The minimum Gasteiger partial charge on any atom is -0.341 e. The third kappa shape index (κ3) is 3.37. The predicted molar refractivity (Wildman–Crippen MR) is 87.1 cm³/mol. The molecule has 3 rings (SSSR count). The minimum absolute atomic E-state index is 0.0299. The maximum atomic E-state index is 12.4. The number of nitrogens with zero attached hydrogens (tertiary/aromatic N) is 2. The number of H-pyrrole nitrogens is 1. The number of aromatic amines is 1. The van der Waals surface area contributed by atoms with Gasteiger partial charge in [-0.05, 0) is 37.5 Å². The first-order valence-electron chi connectivity index (χ1n) is 8.05. The zero-order valence-electron chi connectivity index (χ0n) is 13.2. The van der Waals surface area contributed by atoms with Crippen molar-refractivity contribution >= 4 is 17.7 Å². The Morgan fingerprint density at radius 2 is 2.05 bits per heavy atom. The lowest BCUT2D eigenvalue weighted by molar-refractivity contribution is -0.130. The van der Waals surface area contributed by atoms with E-state index in [1.807, 2.05) is 4.90 Å². The molecule has 2 heterocycles. The average molecular weight is 321 g/mol. The van der Waals surface area contributed by atoms with Gasteiger partial charge in [0.15, 0.2) is 5.16 Å². The highest BCUT2D eigenvalue weighted by Crippen LogP contribution is 2.23. The summed E-state index contributed by atoms with van der Waals surface area (Å²) in [6.07, 6.45) is 3.89. The Morgan fingerprint density at radius 3 is 2.77 bits per heavy atom. The van der Waals surface area contributed by atoms with Crippen LogP contribution < -0.4 is 5.56 Å². The molecule has 1 saturated heterocycles. The van der Waals surface area contributed by atoms with Gasteiger partial charge in [0, 0.05) is 18.7 Å². The first-order chi connectivity index (χ1) is 10.5. The monoisotopic (exact) mass is 321 g/mol. The second-order valence-corrected chi connectivity index (χ2v) is 7.65. The van der Waals surface area contributed by atoms with Crippen LogP contribution in [0.15, 0.2) is 9.95 Å². The van der Waals surface area contributed by atoms with Gasteiger partial charge in [0.25, 0.3) is 5.56 Å². The van der Waals surface area contributed by atoms with E-state index in [9.17, 15) is 9.59 Å². The second-order valence-electron chi connectivity index (χ2n) is 6.68. The topological polar surface area (TPSA) is 66.1 Å². The molecule has 5 nitrogen and oxygen atoms in total. The smallest absolute Gasteiger partial charge is 0.254 e. The SMILES string of the molecule is C[C@H]1C[C@H](C)CN(C(=O)CSc2nc3c(c(=O)[nH]2)CCC3)C1. The number of carbonyl (C=O) groups excluding carboxylic acids is 1. The molecule has 1 aromatic heterocycles. The Morgan fingerprint density at radius 1 is 1.32 bits per heavy atom. The number of amides is 1. The van der Waals surface area contributed by atoms with Crippen molar-refractivity contribution in [2.24, 2.45) is 11.8 Å². The van der Waals surface area contributed by atoms with Crippen molar-refractivity contribution in [3.05, 3.63) is 21.6 Å². The van der Waals surface area contributed by atoms with Crippen molar-refractivity contribution in [2.45, 2.75) is 44.7 Å². The van der Waals surface area contributed by atoms with Crippen molar-refractivity contribution in [2.75, 3.05) is 18.8 Å². The molecule has 1 aliphatic carbocycles. The second kappa shape index (κ2) is 6.44. The van der Waals surface area contributed by atoms with Crippen LogP contribution in [-0.2, 0) is 17.6 Å². The number of hydrogen-bond donors (Lipinski definition) is 1. The van der Waals surface area contributed by atoms with Gasteiger partial charge < -0.3 is 9.88 Å².